The zero-order valence-corrected chi connectivity index (χ0v) is 15.8. The van der Waals surface area contributed by atoms with Crippen molar-refractivity contribution in [1.29, 1.82) is 0 Å². The summed E-state index contributed by atoms with van der Waals surface area (Å²) in [6.07, 6.45) is 0. The first-order chi connectivity index (χ1) is 12.6. The maximum atomic E-state index is 12.6. The van der Waals surface area contributed by atoms with Crippen molar-refractivity contribution in [3.63, 3.8) is 0 Å². The number of alkyl halides is 1. The lowest BCUT2D eigenvalue weighted by Gasteiger charge is -2.28. The number of para-hydroxylation sites is 1. The Labute approximate surface area is 160 Å². The van der Waals surface area contributed by atoms with Gasteiger partial charge in [-0.05, 0) is 19.1 Å². The van der Waals surface area contributed by atoms with E-state index < -0.39 is 5.79 Å². The predicted octanol–water partition coefficient (Wildman–Crippen LogP) is 5.33. The Balaban J connectivity index is 1.88. The van der Waals surface area contributed by atoms with E-state index in [1.165, 1.54) is 0 Å². The van der Waals surface area contributed by atoms with Crippen molar-refractivity contribution >= 4 is 21.7 Å². The number of ether oxygens (including phenoxy) is 2. The molecule has 0 N–H and O–H groups in total. The molecule has 26 heavy (non-hydrogen) atoms. The Kier molecular flexibility index (Phi) is 4.29. The van der Waals surface area contributed by atoms with Crippen LogP contribution in [0, 0.1) is 0 Å². The minimum absolute atomic E-state index is 0.0395. The molecule has 0 bridgehead atoms. The number of fused-ring (bicyclic) bond motifs is 1. The third-order valence-corrected chi connectivity index (χ3v) is 4.83. The summed E-state index contributed by atoms with van der Waals surface area (Å²) < 4.78 is 12.8. The van der Waals surface area contributed by atoms with Crippen LogP contribution in [-0.2, 0) is 5.79 Å². The molecule has 1 atom stereocenters. The molecule has 0 fully saturated rings. The average molecular weight is 409 g/mol. The van der Waals surface area contributed by atoms with Crippen molar-refractivity contribution in [3.05, 3.63) is 95.6 Å². The van der Waals surface area contributed by atoms with E-state index in [4.69, 9.17) is 9.47 Å². The monoisotopic (exact) mass is 408 g/mol. The van der Waals surface area contributed by atoms with Crippen LogP contribution in [0.25, 0.3) is 0 Å². The summed E-state index contributed by atoms with van der Waals surface area (Å²) >= 11 is 3.36. The highest BCUT2D eigenvalue weighted by Gasteiger charge is 2.46. The molecule has 1 aliphatic rings. The van der Waals surface area contributed by atoms with Gasteiger partial charge in [-0.2, -0.15) is 0 Å². The van der Waals surface area contributed by atoms with Crippen molar-refractivity contribution in [2.75, 3.05) is 0 Å². The molecule has 4 heteroatoms. The molecule has 3 aromatic rings. The van der Waals surface area contributed by atoms with Gasteiger partial charge in [0.05, 0.1) is 10.4 Å². The van der Waals surface area contributed by atoms with Crippen molar-refractivity contribution in [1.82, 2.24) is 0 Å². The van der Waals surface area contributed by atoms with E-state index in [1.807, 2.05) is 72.8 Å². The minimum atomic E-state index is -1.11. The number of Topliss-reactive ketones (excluding diaryl/α,β-unsaturated/α-hetero) is 1. The maximum absolute atomic E-state index is 12.6. The van der Waals surface area contributed by atoms with Gasteiger partial charge in [0.2, 0.25) is 0 Å². The molecule has 0 radical (unpaired) electrons. The Hall–Kier alpha value is -2.59. The van der Waals surface area contributed by atoms with Gasteiger partial charge in [-0.1, -0.05) is 82.7 Å². The molecule has 1 unspecified atom stereocenters. The SMILES string of the molecule is CC(Br)C(=O)c1cccc2c1OC(c1ccccc1)(c1ccccc1)O2. The zero-order valence-electron chi connectivity index (χ0n) is 14.2. The number of halogens is 1. The van der Waals surface area contributed by atoms with Crippen LogP contribution in [-0.4, -0.2) is 10.6 Å². The summed E-state index contributed by atoms with van der Waals surface area (Å²) in [4.78, 5) is 12.3. The van der Waals surface area contributed by atoms with Gasteiger partial charge < -0.3 is 9.47 Å². The van der Waals surface area contributed by atoms with Crippen LogP contribution in [0.5, 0.6) is 11.5 Å². The lowest BCUT2D eigenvalue weighted by Crippen LogP contribution is -2.36. The molecule has 130 valence electrons. The molecular weight excluding hydrogens is 392 g/mol. The quantitative estimate of drug-likeness (QED) is 0.432. The van der Waals surface area contributed by atoms with Crippen LogP contribution in [0.4, 0.5) is 0 Å². The Morgan fingerprint density at radius 1 is 0.846 bits per heavy atom. The molecule has 0 aromatic heterocycles. The van der Waals surface area contributed by atoms with Crippen LogP contribution in [0.3, 0.4) is 0 Å². The first-order valence-electron chi connectivity index (χ1n) is 8.42. The second-order valence-corrected chi connectivity index (χ2v) is 7.54. The average Bonchev–Trinajstić information content (AvgIpc) is 3.09. The number of carbonyl (C=O) groups is 1. The van der Waals surface area contributed by atoms with E-state index in [-0.39, 0.29) is 10.6 Å². The van der Waals surface area contributed by atoms with E-state index in [1.54, 1.807) is 13.0 Å². The zero-order chi connectivity index (χ0) is 18.1. The van der Waals surface area contributed by atoms with Crippen LogP contribution >= 0.6 is 15.9 Å². The van der Waals surface area contributed by atoms with Gasteiger partial charge in [0.15, 0.2) is 17.3 Å². The summed E-state index contributed by atoms with van der Waals surface area (Å²) in [7, 11) is 0. The van der Waals surface area contributed by atoms with Gasteiger partial charge in [0, 0.05) is 11.1 Å². The van der Waals surface area contributed by atoms with Crippen LogP contribution < -0.4 is 9.47 Å². The number of benzene rings is 3. The number of ketones is 1. The molecule has 0 saturated heterocycles. The third-order valence-electron chi connectivity index (χ3n) is 4.41. The molecule has 1 aliphatic heterocycles. The highest BCUT2D eigenvalue weighted by molar-refractivity contribution is 9.10. The van der Waals surface area contributed by atoms with Crippen molar-refractivity contribution in [2.24, 2.45) is 0 Å². The second kappa shape index (κ2) is 6.61. The first-order valence-corrected chi connectivity index (χ1v) is 9.34. The molecular formula is C22H17BrO3. The van der Waals surface area contributed by atoms with Gasteiger partial charge in [0.1, 0.15) is 0 Å². The van der Waals surface area contributed by atoms with E-state index in [9.17, 15) is 4.79 Å². The molecule has 4 rings (SSSR count). The van der Waals surface area contributed by atoms with Crippen molar-refractivity contribution in [3.8, 4) is 11.5 Å². The van der Waals surface area contributed by atoms with Crippen LogP contribution in [0.15, 0.2) is 78.9 Å². The molecule has 3 nitrogen and oxygen atoms in total. The summed E-state index contributed by atoms with van der Waals surface area (Å²) in [5.41, 5.74) is 2.25. The fourth-order valence-electron chi connectivity index (χ4n) is 3.15. The van der Waals surface area contributed by atoms with Crippen molar-refractivity contribution < 1.29 is 14.3 Å². The van der Waals surface area contributed by atoms with Crippen LogP contribution in [0.1, 0.15) is 28.4 Å². The second-order valence-electron chi connectivity index (χ2n) is 6.17. The van der Waals surface area contributed by atoms with E-state index in [2.05, 4.69) is 15.9 Å². The Morgan fingerprint density at radius 2 is 1.42 bits per heavy atom. The summed E-state index contributed by atoms with van der Waals surface area (Å²) in [5.74, 6) is -0.104. The summed E-state index contributed by atoms with van der Waals surface area (Å²) in [6, 6.07) is 25.0. The van der Waals surface area contributed by atoms with Gasteiger partial charge in [0.25, 0.3) is 0 Å². The van der Waals surface area contributed by atoms with Gasteiger partial charge >= 0.3 is 5.79 Å². The normalized spacial score (nSPS) is 15.5. The molecule has 0 saturated carbocycles. The fraction of sp³-hybridized carbons (Fsp3) is 0.136. The predicted molar refractivity (Wildman–Crippen MR) is 104 cm³/mol. The smallest absolute Gasteiger partial charge is 0.305 e. The van der Waals surface area contributed by atoms with Crippen molar-refractivity contribution in [2.45, 2.75) is 17.5 Å². The molecule has 0 amide bonds. The summed E-state index contributed by atoms with van der Waals surface area (Å²) in [5, 5.41) is 0. The Bertz CT molecular complexity index is 897. The van der Waals surface area contributed by atoms with E-state index in [0.717, 1.165) is 11.1 Å². The number of carbonyl (C=O) groups excluding carboxylic acids is 1. The number of rotatable bonds is 4. The van der Waals surface area contributed by atoms with Gasteiger partial charge in [-0.15, -0.1) is 0 Å². The van der Waals surface area contributed by atoms with E-state index >= 15 is 0 Å². The largest absolute Gasteiger partial charge is 0.440 e. The molecule has 3 aromatic carbocycles. The standard InChI is InChI=1S/C22H17BrO3/c1-15(23)20(24)18-13-8-14-19-21(18)26-22(25-19,16-9-4-2-5-10-16)17-11-6-3-7-12-17/h2-15H,1H3. The lowest BCUT2D eigenvalue weighted by atomic mass is 9.97. The topological polar surface area (TPSA) is 35.5 Å². The molecule has 0 aliphatic carbocycles. The van der Waals surface area contributed by atoms with Crippen LogP contribution in [0.2, 0.25) is 0 Å². The summed E-state index contributed by atoms with van der Waals surface area (Å²) in [6.45, 7) is 1.80. The first kappa shape index (κ1) is 16.9. The molecule has 0 spiro atoms. The van der Waals surface area contributed by atoms with Gasteiger partial charge in [-0.25, -0.2) is 0 Å². The molecule has 1 heterocycles. The number of hydrogen-bond acceptors (Lipinski definition) is 3. The van der Waals surface area contributed by atoms with E-state index in [0.29, 0.717) is 17.1 Å². The lowest BCUT2D eigenvalue weighted by molar-refractivity contribution is -0.0460. The fourth-order valence-corrected chi connectivity index (χ4v) is 3.39. The number of hydrogen-bond donors (Lipinski definition) is 0. The minimum Gasteiger partial charge on any atom is -0.440 e. The maximum Gasteiger partial charge on any atom is 0.305 e. The highest BCUT2D eigenvalue weighted by atomic mass is 79.9. The Morgan fingerprint density at radius 3 is 1.96 bits per heavy atom. The van der Waals surface area contributed by atoms with Gasteiger partial charge in [-0.3, -0.25) is 4.79 Å². The third kappa shape index (κ3) is 2.71. The highest BCUT2D eigenvalue weighted by Crippen LogP contribution is 2.49.